The zero-order valence-electron chi connectivity index (χ0n) is 20.3. The minimum absolute atomic E-state index is 0.281. The topological polar surface area (TPSA) is 49.9 Å². The SMILES string of the molecule is Cc1ccc(S(=O)(=O)N2CCC3(CCN(Cc4ccccc4OCC(C)C)CC3)CC2)cc1. The lowest BCUT2D eigenvalue weighted by Crippen LogP contribution is -2.48. The number of sulfonamides is 1. The summed E-state index contributed by atoms with van der Waals surface area (Å²) in [5, 5.41) is 0. The van der Waals surface area contributed by atoms with Crippen LogP contribution in [0.25, 0.3) is 0 Å². The van der Waals surface area contributed by atoms with Crippen molar-refractivity contribution in [2.24, 2.45) is 11.3 Å². The Balaban J connectivity index is 1.31. The van der Waals surface area contributed by atoms with Crippen LogP contribution >= 0.6 is 0 Å². The number of hydrogen-bond acceptors (Lipinski definition) is 4. The summed E-state index contributed by atoms with van der Waals surface area (Å²) in [6.07, 6.45) is 4.20. The van der Waals surface area contributed by atoms with E-state index in [1.54, 1.807) is 16.4 Å². The van der Waals surface area contributed by atoms with Crippen LogP contribution in [0, 0.1) is 18.3 Å². The molecule has 0 unspecified atom stereocenters. The first-order chi connectivity index (χ1) is 15.8. The average Bonchev–Trinajstić information content (AvgIpc) is 2.81. The summed E-state index contributed by atoms with van der Waals surface area (Å²) in [6.45, 7) is 11.3. The van der Waals surface area contributed by atoms with E-state index in [9.17, 15) is 8.42 Å². The summed E-state index contributed by atoms with van der Waals surface area (Å²) in [6, 6.07) is 15.6. The van der Waals surface area contributed by atoms with Crippen molar-refractivity contribution in [3.8, 4) is 5.75 Å². The van der Waals surface area contributed by atoms with Crippen molar-refractivity contribution < 1.29 is 13.2 Å². The zero-order chi connectivity index (χ0) is 23.5. The smallest absolute Gasteiger partial charge is 0.243 e. The van der Waals surface area contributed by atoms with Crippen molar-refractivity contribution in [1.82, 2.24) is 9.21 Å². The van der Waals surface area contributed by atoms with Crippen molar-refractivity contribution in [3.05, 3.63) is 59.7 Å². The Kier molecular flexibility index (Phi) is 7.46. The number of likely N-dealkylation sites (tertiary alicyclic amines) is 1. The number of piperidine rings is 2. The molecular formula is C27H38N2O3S. The third-order valence-electron chi connectivity index (χ3n) is 7.30. The van der Waals surface area contributed by atoms with E-state index < -0.39 is 10.0 Å². The monoisotopic (exact) mass is 470 g/mol. The first-order valence-electron chi connectivity index (χ1n) is 12.3. The number of hydrogen-bond donors (Lipinski definition) is 0. The number of ether oxygens (including phenoxy) is 1. The maximum absolute atomic E-state index is 13.1. The van der Waals surface area contributed by atoms with Gasteiger partial charge in [0.1, 0.15) is 5.75 Å². The van der Waals surface area contributed by atoms with Crippen LogP contribution in [0.5, 0.6) is 5.75 Å². The van der Waals surface area contributed by atoms with Crippen LogP contribution in [0.2, 0.25) is 0 Å². The molecule has 2 fully saturated rings. The highest BCUT2D eigenvalue weighted by Gasteiger charge is 2.40. The van der Waals surface area contributed by atoms with Gasteiger partial charge in [-0.15, -0.1) is 0 Å². The predicted octanol–water partition coefficient (Wildman–Crippen LogP) is 5.10. The standard InChI is InChI=1S/C27H38N2O3S/c1-22(2)21-32-26-7-5-4-6-24(26)20-28-16-12-27(13-17-28)14-18-29(19-15-27)33(30,31)25-10-8-23(3)9-11-25/h4-11,22H,12-21H2,1-3H3. The van der Waals surface area contributed by atoms with Gasteiger partial charge in [0.15, 0.2) is 0 Å². The van der Waals surface area contributed by atoms with Gasteiger partial charge < -0.3 is 4.74 Å². The lowest BCUT2D eigenvalue weighted by Gasteiger charge is -2.46. The molecule has 0 aromatic heterocycles. The largest absolute Gasteiger partial charge is 0.493 e. The Morgan fingerprint density at radius 2 is 1.52 bits per heavy atom. The average molecular weight is 471 g/mol. The molecule has 1 spiro atoms. The summed E-state index contributed by atoms with van der Waals surface area (Å²) in [5.74, 6) is 1.51. The first kappa shape index (κ1) is 24.2. The second kappa shape index (κ2) is 10.2. The van der Waals surface area contributed by atoms with Gasteiger partial charge in [-0.1, -0.05) is 49.7 Å². The molecule has 0 bridgehead atoms. The number of para-hydroxylation sites is 1. The van der Waals surface area contributed by atoms with Crippen LogP contribution in [0.1, 0.15) is 50.7 Å². The second-order valence-corrected chi connectivity index (χ2v) is 12.2. The van der Waals surface area contributed by atoms with E-state index in [0.29, 0.717) is 23.9 Å². The Labute approximate surface area is 199 Å². The summed E-state index contributed by atoms with van der Waals surface area (Å²) < 4.78 is 33.9. The van der Waals surface area contributed by atoms with Crippen LogP contribution < -0.4 is 4.74 Å². The predicted molar refractivity (Wildman–Crippen MR) is 133 cm³/mol. The van der Waals surface area contributed by atoms with Gasteiger partial charge in [-0.3, -0.25) is 4.90 Å². The lowest BCUT2D eigenvalue weighted by atomic mass is 9.71. The number of nitrogens with zero attached hydrogens (tertiary/aromatic N) is 2. The molecule has 6 heteroatoms. The summed E-state index contributed by atoms with van der Waals surface area (Å²) in [5.41, 5.74) is 2.62. The number of aryl methyl sites for hydroxylation is 1. The molecule has 2 aliphatic heterocycles. The van der Waals surface area contributed by atoms with E-state index in [-0.39, 0.29) is 5.41 Å². The van der Waals surface area contributed by atoms with Crippen molar-refractivity contribution in [2.45, 2.75) is 57.9 Å². The van der Waals surface area contributed by atoms with Gasteiger partial charge in [-0.25, -0.2) is 8.42 Å². The molecule has 0 atom stereocenters. The molecule has 2 aliphatic rings. The molecule has 180 valence electrons. The van der Waals surface area contributed by atoms with E-state index in [4.69, 9.17) is 4.74 Å². The maximum atomic E-state index is 13.1. The third-order valence-corrected chi connectivity index (χ3v) is 9.21. The molecule has 2 heterocycles. The lowest BCUT2D eigenvalue weighted by molar-refractivity contribution is 0.0525. The normalized spacial score (nSPS) is 19.8. The van der Waals surface area contributed by atoms with Gasteiger partial charge in [0.25, 0.3) is 0 Å². The summed E-state index contributed by atoms with van der Waals surface area (Å²) in [7, 11) is -3.39. The minimum atomic E-state index is -3.39. The van der Waals surface area contributed by atoms with E-state index in [1.807, 2.05) is 25.1 Å². The van der Waals surface area contributed by atoms with E-state index >= 15 is 0 Å². The Bertz CT molecular complexity index is 1020. The fraction of sp³-hybridized carbons (Fsp3) is 0.556. The van der Waals surface area contributed by atoms with Crippen molar-refractivity contribution in [1.29, 1.82) is 0 Å². The molecule has 33 heavy (non-hydrogen) atoms. The van der Waals surface area contributed by atoms with Gasteiger partial charge in [0, 0.05) is 25.2 Å². The highest BCUT2D eigenvalue weighted by Crippen LogP contribution is 2.42. The zero-order valence-corrected chi connectivity index (χ0v) is 21.1. The van der Waals surface area contributed by atoms with Gasteiger partial charge in [0.05, 0.1) is 11.5 Å². The van der Waals surface area contributed by atoms with Crippen LogP contribution in [0.15, 0.2) is 53.4 Å². The van der Waals surface area contributed by atoms with E-state index in [2.05, 4.69) is 36.9 Å². The molecule has 0 N–H and O–H groups in total. The van der Waals surface area contributed by atoms with Crippen molar-refractivity contribution in [3.63, 3.8) is 0 Å². The number of benzene rings is 2. The molecule has 0 saturated carbocycles. The van der Waals surface area contributed by atoms with Gasteiger partial charge in [-0.2, -0.15) is 4.31 Å². The molecule has 2 saturated heterocycles. The highest BCUT2D eigenvalue weighted by atomic mass is 32.2. The molecule has 5 nitrogen and oxygen atoms in total. The highest BCUT2D eigenvalue weighted by molar-refractivity contribution is 7.89. The Morgan fingerprint density at radius 3 is 2.15 bits per heavy atom. The Hall–Kier alpha value is -1.89. The summed E-state index contributed by atoms with van der Waals surface area (Å²) >= 11 is 0. The molecule has 4 rings (SSSR count). The molecule has 0 radical (unpaired) electrons. The van der Waals surface area contributed by atoms with Crippen LogP contribution in [-0.4, -0.2) is 50.4 Å². The van der Waals surface area contributed by atoms with Gasteiger partial charge in [-0.05, 0) is 75.2 Å². The molecule has 0 amide bonds. The van der Waals surface area contributed by atoms with Crippen LogP contribution in [0.3, 0.4) is 0 Å². The van der Waals surface area contributed by atoms with E-state index in [1.165, 1.54) is 5.56 Å². The van der Waals surface area contributed by atoms with Gasteiger partial charge >= 0.3 is 0 Å². The van der Waals surface area contributed by atoms with Crippen molar-refractivity contribution in [2.75, 3.05) is 32.8 Å². The first-order valence-corrected chi connectivity index (χ1v) is 13.7. The molecular weight excluding hydrogens is 432 g/mol. The molecule has 2 aromatic rings. The number of rotatable bonds is 7. The van der Waals surface area contributed by atoms with Crippen LogP contribution in [0.4, 0.5) is 0 Å². The van der Waals surface area contributed by atoms with E-state index in [0.717, 1.165) is 63.2 Å². The van der Waals surface area contributed by atoms with Crippen LogP contribution in [-0.2, 0) is 16.6 Å². The third kappa shape index (κ3) is 5.79. The second-order valence-electron chi connectivity index (χ2n) is 10.3. The molecule has 2 aromatic carbocycles. The maximum Gasteiger partial charge on any atom is 0.243 e. The fourth-order valence-electron chi connectivity index (χ4n) is 5.02. The molecule has 0 aliphatic carbocycles. The quantitative estimate of drug-likeness (QED) is 0.565. The van der Waals surface area contributed by atoms with Gasteiger partial charge in [0.2, 0.25) is 10.0 Å². The fourth-order valence-corrected chi connectivity index (χ4v) is 6.46. The summed E-state index contributed by atoms with van der Waals surface area (Å²) in [4.78, 5) is 2.94. The minimum Gasteiger partial charge on any atom is -0.493 e. The Morgan fingerprint density at radius 1 is 0.909 bits per heavy atom. The van der Waals surface area contributed by atoms with Crippen molar-refractivity contribution >= 4 is 10.0 Å².